The van der Waals surface area contributed by atoms with Gasteiger partial charge in [-0.05, 0) is 24.7 Å². The van der Waals surface area contributed by atoms with Gasteiger partial charge in [-0.15, -0.1) is 11.8 Å². The van der Waals surface area contributed by atoms with E-state index in [0.29, 0.717) is 19.4 Å². The van der Waals surface area contributed by atoms with Gasteiger partial charge >= 0.3 is 5.97 Å². The fraction of sp³-hybridized carbons (Fsp3) is 0.550. The average Bonchev–Trinajstić information content (AvgIpc) is 2.81. The van der Waals surface area contributed by atoms with E-state index >= 15 is 0 Å². The zero-order chi connectivity index (χ0) is 18.9. The molecule has 140 valence electrons. The number of carbonyl (C=O) groups is 3. The standard InChI is InChI=1S/C20H25NO4S/c1-4-26-16-17(23)21(13-14-8-6-5-7-9-14)19(2)12-15(22)10-11-20(16,19)18(24)25-3/h5-9,16H,4,10-13H2,1-3H3/t16-,19+,20+/m0/s1. The van der Waals surface area contributed by atoms with Crippen molar-refractivity contribution in [2.45, 2.75) is 50.4 Å². The Hall–Kier alpha value is -1.82. The summed E-state index contributed by atoms with van der Waals surface area (Å²) in [5, 5.41) is -0.512. The molecule has 1 aliphatic carbocycles. The molecule has 0 aromatic heterocycles. The number of ketones is 1. The number of rotatable bonds is 5. The van der Waals surface area contributed by atoms with E-state index < -0.39 is 16.2 Å². The van der Waals surface area contributed by atoms with Crippen LogP contribution in [0.25, 0.3) is 0 Å². The number of hydrogen-bond donors (Lipinski definition) is 0. The van der Waals surface area contributed by atoms with Gasteiger partial charge in [-0.25, -0.2) is 0 Å². The minimum absolute atomic E-state index is 0.0664. The molecule has 0 unspecified atom stereocenters. The van der Waals surface area contributed by atoms with Gasteiger partial charge in [0.1, 0.15) is 16.4 Å². The summed E-state index contributed by atoms with van der Waals surface area (Å²) >= 11 is 1.49. The second-order valence-corrected chi connectivity index (χ2v) is 8.58. The number of Topliss-reactive ketones (excluding diaryl/α,β-unsaturated/α-hetero) is 1. The number of nitrogens with zero attached hydrogens (tertiary/aromatic N) is 1. The first-order valence-electron chi connectivity index (χ1n) is 8.98. The molecule has 2 aliphatic rings. The van der Waals surface area contributed by atoms with Gasteiger partial charge in [-0.1, -0.05) is 37.3 Å². The molecule has 3 atom stereocenters. The van der Waals surface area contributed by atoms with Crippen molar-refractivity contribution in [1.82, 2.24) is 4.90 Å². The maximum absolute atomic E-state index is 13.4. The Labute approximate surface area is 158 Å². The van der Waals surface area contributed by atoms with Crippen LogP contribution in [0.2, 0.25) is 0 Å². The number of methoxy groups -OCH3 is 1. The quantitative estimate of drug-likeness (QED) is 0.741. The number of fused-ring (bicyclic) bond motifs is 1. The lowest BCUT2D eigenvalue weighted by Crippen LogP contribution is -2.60. The summed E-state index contributed by atoms with van der Waals surface area (Å²) in [4.78, 5) is 40.5. The summed E-state index contributed by atoms with van der Waals surface area (Å²) in [6.07, 6.45) is 0.878. The van der Waals surface area contributed by atoms with E-state index in [1.165, 1.54) is 18.9 Å². The van der Waals surface area contributed by atoms with Gasteiger partial charge in [0.05, 0.1) is 12.6 Å². The Morgan fingerprint density at radius 3 is 2.62 bits per heavy atom. The zero-order valence-corrected chi connectivity index (χ0v) is 16.3. The molecule has 1 aromatic rings. The zero-order valence-electron chi connectivity index (χ0n) is 15.5. The number of carbonyl (C=O) groups excluding carboxylic acids is 3. The van der Waals surface area contributed by atoms with Gasteiger partial charge in [0, 0.05) is 19.4 Å². The summed E-state index contributed by atoms with van der Waals surface area (Å²) in [6.45, 7) is 4.26. The predicted octanol–water partition coefficient (Wildman–Crippen LogP) is 2.82. The highest BCUT2D eigenvalue weighted by molar-refractivity contribution is 8.00. The van der Waals surface area contributed by atoms with Crippen molar-refractivity contribution < 1.29 is 19.1 Å². The average molecular weight is 375 g/mol. The molecule has 0 bridgehead atoms. The molecule has 0 N–H and O–H groups in total. The molecule has 1 aromatic carbocycles. The molecule has 1 aliphatic heterocycles. The summed E-state index contributed by atoms with van der Waals surface area (Å²) in [6, 6.07) is 9.70. The summed E-state index contributed by atoms with van der Waals surface area (Å²) in [5.74, 6) is 0.379. The van der Waals surface area contributed by atoms with Crippen molar-refractivity contribution in [2.75, 3.05) is 12.9 Å². The number of esters is 1. The highest BCUT2D eigenvalue weighted by atomic mass is 32.2. The molecule has 5 nitrogen and oxygen atoms in total. The van der Waals surface area contributed by atoms with E-state index in [9.17, 15) is 14.4 Å². The first kappa shape index (κ1) is 19.0. The van der Waals surface area contributed by atoms with Crippen LogP contribution in [0.3, 0.4) is 0 Å². The molecule has 1 saturated heterocycles. The number of thioether (sulfide) groups is 1. The molecular weight excluding hydrogens is 350 g/mol. The molecule has 2 fully saturated rings. The SMILES string of the molecule is CCS[C@H]1C(=O)N(Cc2ccccc2)[C@]2(C)CC(=O)CC[C@]12C(=O)OC. The Bertz CT molecular complexity index is 722. The van der Waals surface area contributed by atoms with E-state index in [1.807, 2.05) is 44.2 Å². The molecule has 1 amide bonds. The predicted molar refractivity (Wildman–Crippen MR) is 101 cm³/mol. The van der Waals surface area contributed by atoms with Crippen LogP contribution in [-0.2, 0) is 25.7 Å². The Morgan fingerprint density at radius 2 is 2.00 bits per heavy atom. The maximum Gasteiger partial charge on any atom is 0.315 e. The van der Waals surface area contributed by atoms with Crippen LogP contribution in [0, 0.1) is 5.41 Å². The van der Waals surface area contributed by atoms with E-state index in [-0.39, 0.29) is 24.1 Å². The monoisotopic (exact) mass is 375 g/mol. The fourth-order valence-corrected chi connectivity index (χ4v) is 5.95. The van der Waals surface area contributed by atoms with Crippen LogP contribution in [-0.4, -0.2) is 46.2 Å². The summed E-state index contributed by atoms with van der Waals surface area (Å²) in [7, 11) is 1.37. The van der Waals surface area contributed by atoms with Gasteiger partial charge in [-0.2, -0.15) is 0 Å². The molecule has 6 heteroatoms. The third-order valence-corrected chi connectivity index (χ3v) is 7.17. The molecule has 1 heterocycles. The van der Waals surface area contributed by atoms with Gasteiger partial charge in [-0.3, -0.25) is 14.4 Å². The normalized spacial score (nSPS) is 31.0. The highest BCUT2D eigenvalue weighted by Gasteiger charge is 2.71. The fourth-order valence-electron chi connectivity index (χ4n) is 4.59. The first-order chi connectivity index (χ1) is 12.4. The molecular formula is C20H25NO4S. The lowest BCUT2D eigenvalue weighted by Gasteiger charge is -2.48. The van der Waals surface area contributed by atoms with Crippen molar-refractivity contribution >= 4 is 29.4 Å². The van der Waals surface area contributed by atoms with Crippen molar-refractivity contribution in [1.29, 1.82) is 0 Å². The number of amides is 1. The van der Waals surface area contributed by atoms with Crippen LogP contribution in [0.4, 0.5) is 0 Å². The highest BCUT2D eigenvalue weighted by Crippen LogP contribution is 2.58. The van der Waals surface area contributed by atoms with Crippen molar-refractivity contribution in [3.63, 3.8) is 0 Å². The van der Waals surface area contributed by atoms with Gasteiger partial charge < -0.3 is 9.64 Å². The smallest absolute Gasteiger partial charge is 0.315 e. The van der Waals surface area contributed by atoms with E-state index in [2.05, 4.69) is 0 Å². The lowest BCUT2D eigenvalue weighted by molar-refractivity contribution is -0.163. The largest absolute Gasteiger partial charge is 0.468 e. The van der Waals surface area contributed by atoms with Crippen molar-refractivity contribution in [2.24, 2.45) is 5.41 Å². The number of ether oxygens (including phenoxy) is 1. The second-order valence-electron chi connectivity index (χ2n) is 7.20. The Balaban J connectivity index is 2.11. The third-order valence-electron chi connectivity index (χ3n) is 5.90. The lowest BCUT2D eigenvalue weighted by atomic mass is 9.61. The van der Waals surface area contributed by atoms with E-state index in [4.69, 9.17) is 4.74 Å². The number of likely N-dealkylation sites (tertiary alicyclic amines) is 1. The molecule has 3 rings (SSSR count). The molecule has 26 heavy (non-hydrogen) atoms. The minimum atomic E-state index is -0.984. The second kappa shape index (κ2) is 7.06. The van der Waals surface area contributed by atoms with Crippen molar-refractivity contribution in [3.8, 4) is 0 Å². The Kier molecular flexibility index (Phi) is 5.15. The number of benzene rings is 1. The number of hydrogen-bond acceptors (Lipinski definition) is 5. The summed E-state index contributed by atoms with van der Waals surface area (Å²) in [5.41, 5.74) is -0.863. The molecule has 0 radical (unpaired) electrons. The maximum atomic E-state index is 13.4. The molecule has 0 spiro atoms. The minimum Gasteiger partial charge on any atom is -0.468 e. The summed E-state index contributed by atoms with van der Waals surface area (Å²) < 4.78 is 5.18. The van der Waals surface area contributed by atoms with Crippen molar-refractivity contribution in [3.05, 3.63) is 35.9 Å². The molecule has 1 saturated carbocycles. The van der Waals surface area contributed by atoms with E-state index in [0.717, 1.165) is 11.3 Å². The topological polar surface area (TPSA) is 63.7 Å². The van der Waals surface area contributed by atoms with Gasteiger partial charge in [0.15, 0.2) is 0 Å². The van der Waals surface area contributed by atoms with Crippen LogP contribution in [0.15, 0.2) is 30.3 Å². The van der Waals surface area contributed by atoms with Gasteiger partial charge in [0.2, 0.25) is 5.91 Å². The Morgan fingerprint density at radius 1 is 1.31 bits per heavy atom. The van der Waals surface area contributed by atoms with Crippen LogP contribution in [0.5, 0.6) is 0 Å². The van der Waals surface area contributed by atoms with E-state index in [1.54, 1.807) is 4.90 Å². The van der Waals surface area contributed by atoms with Crippen LogP contribution >= 0.6 is 11.8 Å². The third kappa shape index (κ3) is 2.66. The first-order valence-corrected chi connectivity index (χ1v) is 10.0. The van der Waals surface area contributed by atoms with Crippen LogP contribution < -0.4 is 0 Å². The van der Waals surface area contributed by atoms with Crippen LogP contribution in [0.1, 0.15) is 38.7 Å². The van der Waals surface area contributed by atoms with Gasteiger partial charge in [0.25, 0.3) is 0 Å².